The van der Waals surface area contributed by atoms with Crippen molar-refractivity contribution in [3.8, 4) is 0 Å². The first-order valence-corrected chi connectivity index (χ1v) is 8.18. The van der Waals surface area contributed by atoms with E-state index in [1.54, 1.807) is 0 Å². The van der Waals surface area contributed by atoms with Crippen molar-refractivity contribution in [3.05, 3.63) is 22.7 Å². The van der Waals surface area contributed by atoms with Gasteiger partial charge >= 0.3 is 5.69 Å². The Bertz CT molecular complexity index is 723. The number of fused-ring (bicyclic) bond motifs is 1. The molecule has 3 aliphatic rings. The summed E-state index contributed by atoms with van der Waals surface area (Å²) in [6.45, 7) is -0.959. The summed E-state index contributed by atoms with van der Waals surface area (Å²) in [6, 6.07) is 1.36. The Labute approximate surface area is 141 Å². The van der Waals surface area contributed by atoms with Crippen LogP contribution < -0.4 is 11.4 Å². The highest BCUT2D eigenvalue weighted by Gasteiger charge is 2.69. The van der Waals surface area contributed by atoms with Crippen molar-refractivity contribution in [2.75, 3.05) is 12.3 Å². The first-order chi connectivity index (χ1) is 11.9. The summed E-state index contributed by atoms with van der Waals surface area (Å²) in [6.07, 6.45) is -2.18. The molecule has 8 nitrogen and oxygen atoms in total. The second kappa shape index (κ2) is 5.70. The van der Waals surface area contributed by atoms with Crippen molar-refractivity contribution in [1.82, 2.24) is 9.55 Å². The molecule has 0 bridgehead atoms. The molecule has 1 aromatic rings. The number of hydrogen-bond donors (Lipinski definition) is 2. The molecule has 1 aromatic heterocycles. The lowest BCUT2D eigenvalue weighted by Crippen LogP contribution is -2.52. The molecule has 1 aliphatic carbocycles. The number of aromatic nitrogens is 2. The second-order valence-electron chi connectivity index (χ2n) is 6.70. The third kappa shape index (κ3) is 2.39. The Morgan fingerprint density at radius 1 is 1.36 bits per heavy atom. The SMILES string of the molecule is Nc1ccn([C@@H]2O[C@@](CO)(C(F)F)[C@H]3OC4(CCCC4)O[C@@H]23)c(=O)n1. The first kappa shape index (κ1) is 16.8. The van der Waals surface area contributed by atoms with Crippen molar-refractivity contribution in [3.63, 3.8) is 0 Å². The lowest BCUT2D eigenvalue weighted by Gasteiger charge is -2.33. The fourth-order valence-electron chi connectivity index (χ4n) is 3.94. The van der Waals surface area contributed by atoms with Crippen molar-refractivity contribution in [1.29, 1.82) is 0 Å². The normalized spacial score (nSPS) is 36.4. The molecule has 4 atom stereocenters. The molecule has 4 rings (SSSR count). The van der Waals surface area contributed by atoms with E-state index in [9.17, 15) is 18.7 Å². The predicted molar refractivity (Wildman–Crippen MR) is 79.8 cm³/mol. The van der Waals surface area contributed by atoms with E-state index in [4.69, 9.17) is 19.9 Å². The number of aliphatic hydroxyl groups is 1. The fourth-order valence-corrected chi connectivity index (χ4v) is 3.94. The van der Waals surface area contributed by atoms with Crippen LogP contribution in [0.25, 0.3) is 0 Å². The van der Waals surface area contributed by atoms with Crippen molar-refractivity contribution in [2.24, 2.45) is 0 Å². The smallest absolute Gasteiger partial charge is 0.351 e. The Hall–Kier alpha value is -1.62. The molecule has 0 aromatic carbocycles. The van der Waals surface area contributed by atoms with E-state index in [1.807, 2.05) is 0 Å². The summed E-state index contributed by atoms with van der Waals surface area (Å²) in [4.78, 5) is 15.7. The van der Waals surface area contributed by atoms with Crippen LogP contribution in [0.3, 0.4) is 0 Å². The van der Waals surface area contributed by atoms with Crippen molar-refractivity contribution < 1.29 is 28.1 Å². The lowest BCUT2D eigenvalue weighted by atomic mass is 9.96. The Balaban J connectivity index is 1.76. The Kier molecular flexibility index (Phi) is 3.83. The fraction of sp³-hybridized carbons (Fsp3) is 0.733. The highest BCUT2D eigenvalue weighted by Crippen LogP contribution is 2.53. The molecule has 3 fully saturated rings. The van der Waals surface area contributed by atoms with E-state index in [0.717, 1.165) is 17.4 Å². The third-order valence-corrected chi connectivity index (χ3v) is 5.20. The van der Waals surface area contributed by atoms with Crippen LogP contribution in [-0.4, -0.2) is 51.3 Å². The van der Waals surface area contributed by atoms with Crippen LogP contribution in [0.2, 0.25) is 0 Å². The maximum absolute atomic E-state index is 13.8. The second-order valence-corrected chi connectivity index (χ2v) is 6.70. The molecule has 3 heterocycles. The number of nitrogens with two attached hydrogens (primary N) is 1. The van der Waals surface area contributed by atoms with E-state index in [2.05, 4.69) is 4.98 Å². The quantitative estimate of drug-likeness (QED) is 0.804. The number of aliphatic hydroxyl groups excluding tert-OH is 1. The van der Waals surface area contributed by atoms with Gasteiger partial charge in [-0.1, -0.05) is 0 Å². The Morgan fingerprint density at radius 2 is 2.08 bits per heavy atom. The highest BCUT2D eigenvalue weighted by atomic mass is 19.3. The van der Waals surface area contributed by atoms with Crippen LogP contribution in [0, 0.1) is 0 Å². The minimum atomic E-state index is -3.02. The predicted octanol–water partition coefficient (Wildman–Crippen LogP) is 0.405. The van der Waals surface area contributed by atoms with E-state index in [1.165, 1.54) is 12.3 Å². The average Bonchev–Trinajstić information content (AvgIpc) is 3.24. The summed E-state index contributed by atoms with van der Waals surface area (Å²) in [5, 5.41) is 9.68. The number of ether oxygens (including phenoxy) is 3. The molecule has 138 valence electrons. The summed E-state index contributed by atoms with van der Waals surface area (Å²) < 4.78 is 46.0. The maximum Gasteiger partial charge on any atom is 0.351 e. The van der Waals surface area contributed by atoms with Crippen molar-refractivity contribution >= 4 is 5.82 Å². The number of nitrogens with zero attached hydrogens (tertiary/aromatic N) is 2. The highest BCUT2D eigenvalue weighted by molar-refractivity contribution is 5.24. The number of halogens is 2. The summed E-state index contributed by atoms with van der Waals surface area (Å²) in [5.41, 5.74) is 2.46. The zero-order chi connectivity index (χ0) is 17.8. The molecule has 0 radical (unpaired) electrons. The first-order valence-electron chi connectivity index (χ1n) is 8.18. The Morgan fingerprint density at radius 3 is 2.68 bits per heavy atom. The number of anilines is 1. The number of alkyl halides is 2. The van der Waals surface area contributed by atoms with Crippen LogP contribution in [0.1, 0.15) is 31.9 Å². The zero-order valence-electron chi connectivity index (χ0n) is 13.3. The van der Waals surface area contributed by atoms with Gasteiger partial charge in [-0.25, -0.2) is 13.6 Å². The number of hydrogen-bond acceptors (Lipinski definition) is 7. The van der Waals surface area contributed by atoms with Gasteiger partial charge in [-0.2, -0.15) is 4.98 Å². The van der Waals surface area contributed by atoms with Gasteiger partial charge in [-0.05, 0) is 18.9 Å². The molecule has 2 aliphatic heterocycles. The summed E-state index contributed by atoms with van der Waals surface area (Å²) in [7, 11) is 0. The molecular weight excluding hydrogens is 340 g/mol. The van der Waals surface area contributed by atoms with Crippen LogP contribution in [0.4, 0.5) is 14.6 Å². The lowest BCUT2D eigenvalue weighted by molar-refractivity contribution is -0.263. The van der Waals surface area contributed by atoms with E-state index < -0.39 is 48.5 Å². The molecule has 10 heteroatoms. The van der Waals surface area contributed by atoms with E-state index in [-0.39, 0.29) is 5.82 Å². The van der Waals surface area contributed by atoms with Crippen LogP contribution >= 0.6 is 0 Å². The molecule has 1 saturated carbocycles. The van der Waals surface area contributed by atoms with Crippen LogP contribution in [0.15, 0.2) is 17.1 Å². The molecule has 0 unspecified atom stereocenters. The van der Waals surface area contributed by atoms with Crippen molar-refractivity contribution in [2.45, 2.75) is 61.9 Å². The van der Waals surface area contributed by atoms with Gasteiger partial charge in [0.2, 0.25) is 0 Å². The summed E-state index contributed by atoms with van der Waals surface area (Å²) in [5.74, 6) is -0.953. The van der Waals surface area contributed by atoms with Gasteiger partial charge in [-0.3, -0.25) is 4.57 Å². The molecule has 1 spiro atoms. The summed E-state index contributed by atoms with van der Waals surface area (Å²) >= 11 is 0. The number of nitrogen functional groups attached to an aromatic ring is 1. The van der Waals surface area contributed by atoms with Gasteiger partial charge < -0.3 is 25.1 Å². The van der Waals surface area contributed by atoms with Gasteiger partial charge in [-0.15, -0.1) is 0 Å². The minimum absolute atomic E-state index is 0.00827. The van der Waals surface area contributed by atoms with Gasteiger partial charge in [0.25, 0.3) is 6.43 Å². The monoisotopic (exact) mass is 359 g/mol. The molecule has 0 amide bonds. The largest absolute Gasteiger partial charge is 0.393 e. The maximum atomic E-state index is 13.8. The zero-order valence-corrected chi connectivity index (χ0v) is 13.3. The topological polar surface area (TPSA) is 109 Å². The molecule has 25 heavy (non-hydrogen) atoms. The molecule has 3 N–H and O–H groups in total. The molecule has 2 saturated heterocycles. The number of rotatable bonds is 3. The van der Waals surface area contributed by atoms with Crippen LogP contribution in [-0.2, 0) is 14.2 Å². The third-order valence-electron chi connectivity index (χ3n) is 5.20. The van der Waals surface area contributed by atoms with E-state index >= 15 is 0 Å². The average molecular weight is 359 g/mol. The minimum Gasteiger partial charge on any atom is -0.393 e. The van der Waals surface area contributed by atoms with Gasteiger partial charge in [0, 0.05) is 19.0 Å². The van der Waals surface area contributed by atoms with Gasteiger partial charge in [0.1, 0.15) is 18.0 Å². The van der Waals surface area contributed by atoms with Gasteiger partial charge in [0.15, 0.2) is 17.6 Å². The molecular formula is C15H19F2N3O5. The van der Waals surface area contributed by atoms with Gasteiger partial charge in [0.05, 0.1) is 6.61 Å². The standard InChI is InChI=1S/C15H19F2N3O5/c16-12(17)15(7-21)10-9(23-14(24-10)4-1-2-5-14)11(25-15)20-6-3-8(18)19-13(20)22/h3,6,9-12,21H,1-2,4-5,7H2,(H2,18,19,22)/t9-,10+,11-,15-/m1/s1. The van der Waals surface area contributed by atoms with E-state index in [0.29, 0.717) is 12.8 Å². The van der Waals surface area contributed by atoms with Crippen LogP contribution in [0.5, 0.6) is 0 Å².